The molecule has 3 nitrogen and oxygen atoms in total. The summed E-state index contributed by atoms with van der Waals surface area (Å²) in [6.07, 6.45) is 0. The molecule has 2 rings (SSSR count). The van der Waals surface area contributed by atoms with Crippen LogP contribution < -0.4 is 10.1 Å². The van der Waals surface area contributed by atoms with Crippen LogP contribution in [-0.4, -0.2) is 18.6 Å². The van der Waals surface area contributed by atoms with Gasteiger partial charge in [-0.05, 0) is 54.3 Å². The molecule has 0 aromatic heterocycles. The number of nitrogens with one attached hydrogen (secondary N) is 1. The highest BCUT2D eigenvalue weighted by Crippen LogP contribution is 2.22. The molecule has 0 aliphatic rings. The maximum Gasteiger partial charge on any atom is 0.251 e. The number of hydrogen-bond donors (Lipinski definition) is 1. The summed E-state index contributed by atoms with van der Waals surface area (Å²) < 4.78 is 5.65. The van der Waals surface area contributed by atoms with Crippen molar-refractivity contribution in [2.45, 2.75) is 39.2 Å². The monoisotopic (exact) mass is 345 g/mol. The molecule has 2 aromatic carbocycles. The van der Waals surface area contributed by atoms with E-state index in [-0.39, 0.29) is 17.4 Å². The van der Waals surface area contributed by atoms with Gasteiger partial charge in [-0.3, -0.25) is 4.79 Å². The molecule has 128 valence electrons. The topological polar surface area (TPSA) is 38.3 Å². The Hall–Kier alpha value is -2.00. The molecular weight excluding hydrogens is 322 g/mol. The molecule has 0 bridgehead atoms. The van der Waals surface area contributed by atoms with Crippen molar-refractivity contribution in [2.75, 3.05) is 6.61 Å². The van der Waals surface area contributed by atoms with Crippen LogP contribution in [-0.2, 0) is 5.41 Å². The first-order chi connectivity index (χ1) is 11.3. The zero-order valence-corrected chi connectivity index (χ0v) is 15.4. The molecule has 0 heterocycles. The second-order valence-corrected chi connectivity index (χ2v) is 7.40. The molecular formula is C20H24ClNO2. The van der Waals surface area contributed by atoms with Gasteiger partial charge in [-0.2, -0.15) is 0 Å². The SMILES string of the molecule is C[C@@H](COc1ccc(Cl)cc1)NC(=O)c1ccc(C(C)(C)C)cc1. The van der Waals surface area contributed by atoms with Gasteiger partial charge in [-0.1, -0.05) is 44.5 Å². The molecule has 0 fully saturated rings. The Morgan fingerprint density at radius 1 is 1.08 bits per heavy atom. The van der Waals surface area contributed by atoms with Crippen LogP contribution in [0, 0.1) is 0 Å². The lowest BCUT2D eigenvalue weighted by molar-refractivity contribution is 0.0926. The molecule has 4 heteroatoms. The summed E-state index contributed by atoms with van der Waals surface area (Å²) in [4.78, 5) is 12.3. The number of amides is 1. The average Bonchev–Trinajstić information content (AvgIpc) is 2.53. The van der Waals surface area contributed by atoms with Crippen molar-refractivity contribution in [2.24, 2.45) is 0 Å². The summed E-state index contributed by atoms with van der Waals surface area (Å²) in [6.45, 7) is 8.76. The number of rotatable bonds is 5. The third kappa shape index (κ3) is 5.27. The number of ether oxygens (including phenoxy) is 1. The number of hydrogen-bond acceptors (Lipinski definition) is 2. The zero-order valence-electron chi connectivity index (χ0n) is 14.6. The van der Waals surface area contributed by atoms with Crippen LogP contribution >= 0.6 is 11.6 Å². The third-order valence-electron chi connectivity index (χ3n) is 3.70. The highest BCUT2D eigenvalue weighted by atomic mass is 35.5. The normalized spacial score (nSPS) is 12.5. The smallest absolute Gasteiger partial charge is 0.251 e. The molecule has 2 aromatic rings. The van der Waals surface area contributed by atoms with E-state index in [0.29, 0.717) is 17.2 Å². The van der Waals surface area contributed by atoms with Crippen LogP contribution in [0.3, 0.4) is 0 Å². The Balaban J connectivity index is 1.88. The van der Waals surface area contributed by atoms with Crippen molar-refractivity contribution >= 4 is 17.5 Å². The van der Waals surface area contributed by atoms with Gasteiger partial charge in [0.15, 0.2) is 0 Å². The largest absolute Gasteiger partial charge is 0.491 e. The van der Waals surface area contributed by atoms with Gasteiger partial charge in [0.25, 0.3) is 5.91 Å². The van der Waals surface area contributed by atoms with Crippen LogP contribution in [0.4, 0.5) is 0 Å². The summed E-state index contributed by atoms with van der Waals surface area (Å²) in [6, 6.07) is 14.8. The van der Waals surface area contributed by atoms with Crippen molar-refractivity contribution in [1.29, 1.82) is 0 Å². The molecule has 0 spiro atoms. The number of benzene rings is 2. The van der Waals surface area contributed by atoms with Gasteiger partial charge in [0.2, 0.25) is 0 Å². The minimum absolute atomic E-state index is 0.0781. The second kappa shape index (κ2) is 7.71. The molecule has 0 aliphatic carbocycles. The number of halogens is 1. The predicted molar refractivity (Wildman–Crippen MR) is 99.0 cm³/mol. The van der Waals surface area contributed by atoms with E-state index < -0.39 is 0 Å². The van der Waals surface area contributed by atoms with Gasteiger partial charge in [0.05, 0.1) is 6.04 Å². The maximum atomic E-state index is 12.3. The Bertz CT molecular complexity index is 672. The summed E-state index contributed by atoms with van der Waals surface area (Å²) in [7, 11) is 0. The van der Waals surface area contributed by atoms with Crippen molar-refractivity contribution in [3.63, 3.8) is 0 Å². The van der Waals surface area contributed by atoms with Gasteiger partial charge >= 0.3 is 0 Å². The van der Waals surface area contributed by atoms with Gasteiger partial charge in [-0.25, -0.2) is 0 Å². The first-order valence-electron chi connectivity index (χ1n) is 8.05. The summed E-state index contributed by atoms with van der Waals surface area (Å²) in [5, 5.41) is 3.61. The minimum Gasteiger partial charge on any atom is -0.491 e. The van der Waals surface area contributed by atoms with Crippen LogP contribution in [0.25, 0.3) is 0 Å². The van der Waals surface area contributed by atoms with Crippen molar-refractivity contribution in [3.8, 4) is 5.75 Å². The number of carbonyl (C=O) groups excluding carboxylic acids is 1. The molecule has 1 N–H and O–H groups in total. The van der Waals surface area contributed by atoms with E-state index in [0.717, 1.165) is 5.75 Å². The molecule has 0 saturated heterocycles. The van der Waals surface area contributed by atoms with E-state index in [9.17, 15) is 4.79 Å². The highest BCUT2D eigenvalue weighted by molar-refractivity contribution is 6.30. The predicted octanol–water partition coefficient (Wildman–Crippen LogP) is 4.83. The lowest BCUT2D eigenvalue weighted by atomic mass is 9.86. The van der Waals surface area contributed by atoms with E-state index in [1.54, 1.807) is 12.1 Å². The van der Waals surface area contributed by atoms with E-state index in [1.165, 1.54) is 5.56 Å². The Morgan fingerprint density at radius 2 is 1.67 bits per heavy atom. The lowest BCUT2D eigenvalue weighted by Crippen LogP contribution is -2.36. The van der Waals surface area contributed by atoms with E-state index in [4.69, 9.17) is 16.3 Å². The van der Waals surface area contributed by atoms with Crippen LogP contribution in [0.5, 0.6) is 5.75 Å². The first kappa shape index (κ1) is 18.3. The van der Waals surface area contributed by atoms with Gasteiger partial charge < -0.3 is 10.1 Å². The molecule has 0 saturated carbocycles. The fraction of sp³-hybridized carbons (Fsp3) is 0.350. The fourth-order valence-corrected chi connectivity index (χ4v) is 2.35. The first-order valence-corrected chi connectivity index (χ1v) is 8.43. The fourth-order valence-electron chi connectivity index (χ4n) is 2.22. The standard InChI is InChI=1S/C20H24ClNO2/c1-14(13-24-18-11-9-17(21)10-12-18)22-19(23)15-5-7-16(8-6-15)20(2,3)4/h5-12,14H,13H2,1-4H3,(H,22,23)/t14-/m0/s1. The maximum absolute atomic E-state index is 12.3. The van der Waals surface area contributed by atoms with Crippen LogP contribution in [0.2, 0.25) is 5.02 Å². The van der Waals surface area contributed by atoms with Crippen LogP contribution in [0.1, 0.15) is 43.6 Å². The lowest BCUT2D eigenvalue weighted by Gasteiger charge is -2.19. The highest BCUT2D eigenvalue weighted by Gasteiger charge is 2.15. The summed E-state index contributed by atoms with van der Waals surface area (Å²) in [5.41, 5.74) is 1.94. The molecule has 1 amide bonds. The Labute approximate surface area is 149 Å². The summed E-state index contributed by atoms with van der Waals surface area (Å²) >= 11 is 5.84. The Kier molecular flexibility index (Phi) is 5.89. The molecule has 0 radical (unpaired) electrons. The van der Waals surface area contributed by atoms with E-state index >= 15 is 0 Å². The van der Waals surface area contributed by atoms with Gasteiger partial charge in [0.1, 0.15) is 12.4 Å². The van der Waals surface area contributed by atoms with Crippen molar-refractivity contribution in [3.05, 3.63) is 64.7 Å². The Morgan fingerprint density at radius 3 is 2.21 bits per heavy atom. The van der Waals surface area contributed by atoms with Crippen LogP contribution in [0.15, 0.2) is 48.5 Å². The van der Waals surface area contributed by atoms with Crippen molar-refractivity contribution < 1.29 is 9.53 Å². The van der Waals surface area contributed by atoms with Gasteiger partial charge in [-0.15, -0.1) is 0 Å². The molecule has 0 aliphatic heterocycles. The molecule has 0 unspecified atom stereocenters. The third-order valence-corrected chi connectivity index (χ3v) is 3.96. The molecule has 1 atom stereocenters. The number of carbonyl (C=O) groups is 1. The zero-order chi connectivity index (χ0) is 17.7. The molecule has 24 heavy (non-hydrogen) atoms. The van der Waals surface area contributed by atoms with E-state index in [2.05, 4.69) is 26.1 Å². The van der Waals surface area contributed by atoms with Gasteiger partial charge in [0, 0.05) is 10.6 Å². The average molecular weight is 346 g/mol. The van der Waals surface area contributed by atoms with Crippen molar-refractivity contribution in [1.82, 2.24) is 5.32 Å². The summed E-state index contributed by atoms with van der Waals surface area (Å²) in [5.74, 6) is 0.637. The minimum atomic E-state index is -0.101. The quantitative estimate of drug-likeness (QED) is 0.842. The second-order valence-electron chi connectivity index (χ2n) is 6.97. The van der Waals surface area contributed by atoms with E-state index in [1.807, 2.05) is 43.3 Å².